The molecule has 3 rings (SSSR count). The van der Waals surface area contributed by atoms with Gasteiger partial charge in [0.25, 0.3) is 0 Å². The van der Waals surface area contributed by atoms with Gasteiger partial charge in [0.1, 0.15) is 26.2 Å². The van der Waals surface area contributed by atoms with Gasteiger partial charge in [-0.3, -0.25) is 0 Å². The monoisotopic (exact) mass is 388 g/mol. The molecule has 1 fully saturated rings. The lowest BCUT2D eigenvalue weighted by molar-refractivity contribution is -0.0458. The molecule has 0 aromatic carbocycles. The quantitative estimate of drug-likeness (QED) is 0.558. The van der Waals surface area contributed by atoms with Crippen LogP contribution in [0.25, 0.3) is 0 Å². The zero-order valence-electron chi connectivity index (χ0n) is 16.5. The Balaban J connectivity index is 1.95. The number of ether oxygens (including phenoxy) is 2. The van der Waals surface area contributed by atoms with Gasteiger partial charge in [0.2, 0.25) is 0 Å². The summed E-state index contributed by atoms with van der Waals surface area (Å²) < 4.78 is 11.7. The summed E-state index contributed by atoms with van der Waals surface area (Å²) in [5.41, 5.74) is 11.1. The predicted molar refractivity (Wildman–Crippen MR) is 109 cm³/mol. The van der Waals surface area contributed by atoms with Gasteiger partial charge in [0, 0.05) is 13.0 Å². The van der Waals surface area contributed by atoms with Crippen LogP contribution in [-0.4, -0.2) is 68.4 Å². The van der Waals surface area contributed by atoms with Crippen LogP contribution in [0.2, 0.25) is 19.6 Å². The number of rotatable bonds is 3. The lowest BCUT2D eigenvalue weighted by Crippen LogP contribution is -2.47. The van der Waals surface area contributed by atoms with Crippen molar-refractivity contribution in [3.05, 3.63) is 23.4 Å². The Kier molecular flexibility index (Phi) is 5.58. The van der Waals surface area contributed by atoms with Gasteiger partial charge in [-0.1, -0.05) is 38.6 Å². The molecule has 1 saturated heterocycles. The number of fused-ring (bicyclic) bond motifs is 1. The molecule has 0 amide bonds. The van der Waals surface area contributed by atoms with E-state index in [1.807, 2.05) is 17.2 Å². The minimum Gasteiger partial charge on any atom is -0.394 e. The number of hydrogen-bond acceptors (Lipinski definition) is 7. The van der Waals surface area contributed by atoms with Crippen LogP contribution in [0.5, 0.6) is 0 Å². The Bertz CT molecular complexity index is 772. The molecule has 3 N–H and O–H groups in total. The Morgan fingerprint density at radius 1 is 1.41 bits per heavy atom. The second-order valence-electron chi connectivity index (χ2n) is 8.08. The van der Waals surface area contributed by atoms with Gasteiger partial charge in [-0.15, -0.1) is 5.54 Å². The van der Waals surface area contributed by atoms with E-state index < -0.39 is 8.07 Å². The van der Waals surface area contributed by atoms with E-state index in [1.165, 1.54) is 6.34 Å². The number of hydrazone groups is 1. The average Bonchev–Trinajstić information content (AvgIpc) is 2.94. The molecule has 0 radical (unpaired) electrons. The first kappa shape index (κ1) is 19.8. The van der Waals surface area contributed by atoms with Crippen molar-refractivity contribution in [2.24, 2.45) is 21.7 Å². The van der Waals surface area contributed by atoms with Gasteiger partial charge in [-0.05, 0) is 6.08 Å². The highest BCUT2D eigenvalue weighted by Gasteiger charge is 2.48. The number of nitrogens with zero attached hydrogens (tertiary/aromatic N) is 3. The van der Waals surface area contributed by atoms with Crippen LogP contribution >= 0.6 is 0 Å². The Morgan fingerprint density at radius 2 is 2.15 bits per heavy atom. The molecule has 7 nitrogen and oxygen atoms in total. The SMILES string of the molecule is COC1C(CO)OC(C2C=CC(C#C[Si](C)(C)C)=C3C(N)=NC=NN32)C1C. The smallest absolute Gasteiger partial charge is 0.152 e. The molecule has 0 aromatic rings. The molecule has 8 heteroatoms. The van der Waals surface area contributed by atoms with Crippen LogP contribution < -0.4 is 5.73 Å². The molecule has 146 valence electrons. The van der Waals surface area contributed by atoms with E-state index in [4.69, 9.17) is 15.2 Å². The number of amidine groups is 1. The van der Waals surface area contributed by atoms with Crippen molar-refractivity contribution < 1.29 is 14.6 Å². The first-order valence-corrected chi connectivity index (χ1v) is 12.7. The molecular formula is C19H28N4O3Si. The maximum Gasteiger partial charge on any atom is 0.152 e. The molecule has 0 aromatic heterocycles. The molecule has 5 atom stereocenters. The number of aliphatic hydroxyl groups is 1. The van der Waals surface area contributed by atoms with Crippen LogP contribution in [0.15, 0.2) is 33.5 Å². The average molecular weight is 389 g/mol. The lowest BCUT2D eigenvalue weighted by atomic mass is 9.90. The molecule has 0 aliphatic carbocycles. The van der Waals surface area contributed by atoms with Gasteiger partial charge in [0.05, 0.1) is 30.4 Å². The van der Waals surface area contributed by atoms with Crippen LogP contribution in [0, 0.1) is 17.4 Å². The summed E-state index contributed by atoms with van der Waals surface area (Å²) in [6.45, 7) is 8.57. The highest BCUT2D eigenvalue weighted by molar-refractivity contribution is 6.83. The van der Waals surface area contributed by atoms with Gasteiger partial charge in [0.15, 0.2) is 5.84 Å². The van der Waals surface area contributed by atoms with E-state index in [0.29, 0.717) is 11.5 Å². The number of allylic oxidation sites excluding steroid dienone is 2. The van der Waals surface area contributed by atoms with E-state index in [0.717, 1.165) is 5.57 Å². The largest absolute Gasteiger partial charge is 0.394 e. The zero-order valence-corrected chi connectivity index (χ0v) is 17.5. The van der Waals surface area contributed by atoms with Crippen LogP contribution in [0.1, 0.15) is 6.92 Å². The Hall–Kier alpha value is -1.92. The first-order valence-electron chi connectivity index (χ1n) is 9.17. The molecule has 3 aliphatic rings. The molecule has 0 saturated carbocycles. The third kappa shape index (κ3) is 3.87. The van der Waals surface area contributed by atoms with Crippen molar-refractivity contribution >= 4 is 20.2 Å². The minimum absolute atomic E-state index is 0.0768. The van der Waals surface area contributed by atoms with E-state index in [-0.39, 0.29) is 36.9 Å². The van der Waals surface area contributed by atoms with E-state index >= 15 is 0 Å². The number of nitrogens with two attached hydrogens (primary N) is 1. The summed E-state index contributed by atoms with van der Waals surface area (Å²) in [5.74, 6) is 3.75. The van der Waals surface area contributed by atoms with Crippen molar-refractivity contribution in [2.45, 2.75) is 50.9 Å². The maximum atomic E-state index is 9.64. The Morgan fingerprint density at radius 3 is 2.74 bits per heavy atom. The van der Waals surface area contributed by atoms with Crippen molar-refractivity contribution in [1.29, 1.82) is 0 Å². The maximum absolute atomic E-state index is 9.64. The number of aliphatic hydroxyl groups excluding tert-OH is 1. The fourth-order valence-electron chi connectivity index (χ4n) is 3.66. The summed E-state index contributed by atoms with van der Waals surface area (Å²) in [7, 11) is 0.107. The highest BCUT2D eigenvalue weighted by atomic mass is 28.3. The third-order valence-corrected chi connectivity index (χ3v) is 5.81. The van der Waals surface area contributed by atoms with Crippen LogP contribution in [0.3, 0.4) is 0 Å². The summed E-state index contributed by atoms with van der Waals surface area (Å²) in [6, 6.07) is -0.174. The number of methoxy groups -OCH3 is 1. The Labute approximate surface area is 161 Å². The van der Waals surface area contributed by atoms with Crippen molar-refractivity contribution in [1.82, 2.24) is 5.01 Å². The van der Waals surface area contributed by atoms with Crippen molar-refractivity contribution in [3.63, 3.8) is 0 Å². The summed E-state index contributed by atoms with van der Waals surface area (Å²) >= 11 is 0. The second kappa shape index (κ2) is 7.60. The molecule has 27 heavy (non-hydrogen) atoms. The predicted octanol–water partition coefficient (Wildman–Crippen LogP) is 1.09. The molecule has 3 aliphatic heterocycles. The van der Waals surface area contributed by atoms with Crippen molar-refractivity contribution in [2.75, 3.05) is 13.7 Å². The fraction of sp³-hybridized carbons (Fsp3) is 0.579. The molecule has 5 unspecified atom stereocenters. The standard InChI is InChI=1S/C19H28N4O3Si/c1-12-17(26-15(10-24)18(12)25-2)14-7-6-13(8-9-27(3,4)5)16-19(20)21-11-22-23(14)16/h6-7,11-12,14-15,17-18,24H,10H2,1-5H3,(H2,20,21,22). The number of hydrogen-bond donors (Lipinski definition) is 2. The fourth-order valence-corrected chi connectivity index (χ4v) is 4.17. The van der Waals surface area contributed by atoms with Crippen LogP contribution in [0.4, 0.5) is 0 Å². The topological polar surface area (TPSA) is 92.7 Å². The van der Waals surface area contributed by atoms with Gasteiger partial charge >= 0.3 is 0 Å². The van der Waals surface area contributed by atoms with E-state index in [1.54, 1.807) is 7.11 Å². The molecule has 0 spiro atoms. The molecule has 0 bridgehead atoms. The van der Waals surface area contributed by atoms with Gasteiger partial charge in [-0.2, -0.15) is 5.10 Å². The zero-order chi connectivity index (χ0) is 19.8. The first-order chi connectivity index (χ1) is 12.8. The second-order valence-corrected chi connectivity index (χ2v) is 12.8. The summed E-state index contributed by atoms with van der Waals surface area (Å²) in [5, 5.41) is 15.9. The summed E-state index contributed by atoms with van der Waals surface area (Å²) in [6.07, 6.45) is 4.74. The molecular weight excluding hydrogens is 360 g/mol. The third-order valence-electron chi connectivity index (χ3n) is 4.94. The lowest BCUT2D eigenvalue weighted by Gasteiger charge is -2.37. The highest BCUT2D eigenvalue weighted by Crippen LogP contribution is 2.36. The normalized spacial score (nSPS) is 32.9. The van der Waals surface area contributed by atoms with Crippen LogP contribution in [-0.2, 0) is 9.47 Å². The van der Waals surface area contributed by atoms with Gasteiger partial charge in [-0.25, -0.2) is 10.0 Å². The minimum atomic E-state index is -1.54. The molecule has 3 heterocycles. The van der Waals surface area contributed by atoms with E-state index in [2.05, 4.69) is 48.1 Å². The van der Waals surface area contributed by atoms with Crippen molar-refractivity contribution in [3.8, 4) is 11.5 Å². The summed E-state index contributed by atoms with van der Waals surface area (Å²) in [4.78, 5) is 4.16. The number of aliphatic imine (C=N–C) groups is 1. The van der Waals surface area contributed by atoms with E-state index in [9.17, 15) is 5.11 Å². The van der Waals surface area contributed by atoms with Gasteiger partial charge < -0.3 is 20.3 Å².